The van der Waals surface area contributed by atoms with E-state index in [1.807, 2.05) is 0 Å². The van der Waals surface area contributed by atoms with Crippen molar-refractivity contribution < 1.29 is 4.74 Å². The van der Waals surface area contributed by atoms with Gasteiger partial charge in [-0.25, -0.2) is 0 Å². The van der Waals surface area contributed by atoms with Gasteiger partial charge in [-0.15, -0.1) is 12.4 Å². The van der Waals surface area contributed by atoms with Crippen molar-refractivity contribution in [2.45, 2.75) is 19.4 Å². The molecule has 0 unspecified atom stereocenters. The van der Waals surface area contributed by atoms with Crippen LogP contribution in [0.2, 0.25) is 0 Å². The van der Waals surface area contributed by atoms with E-state index in [0.717, 1.165) is 45.9 Å². The summed E-state index contributed by atoms with van der Waals surface area (Å²) in [5.74, 6) is 0. The van der Waals surface area contributed by atoms with Crippen LogP contribution < -0.4 is 5.73 Å². The molecule has 5 heteroatoms. The number of halogens is 1. The van der Waals surface area contributed by atoms with E-state index in [2.05, 4.69) is 30.7 Å². The summed E-state index contributed by atoms with van der Waals surface area (Å²) in [5, 5.41) is 0. The zero-order valence-corrected chi connectivity index (χ0v) is 11.6. The molecule has 0 amide bonds. The topological polar surface area (TPSA) is 41.7 Å². The molecule has 0 aromatic carbocycles. The zero-order chi connectivity index (χ0) is 11.3. The molecule has 16 heavy (non-hydrogen) atoms. The maximum Gasteiger partial charge on any atom is 0.0594 e. The van der Waals surface area contributed by atoms with Crippen molar-refractivity contribution in [3.63, 3.8) is 0 Å². The smallest absolute Gasteiger partial charge is 0.0594 e. The second-order valence-corrected chi connectivity index (χ2v) is 5.18. The molecule has 0 aromatic heterocycles. The first-order valence-electron chi connectivity index (χ1n) is 5.75. The first-order valence-corrected chi connectivity index (χ1v) is 5.75. The summed E-state index contributed by atoms with van der Waals surface area (Å²) < 4.78 is 5.31. The summed E-state index contributed by atoms with van der Waals surface area (Å²) in [6.07, 6.45) is 0. The van der Waals surface area contributed by atoms with Gasteiger partial charge in [0.2, 0.25) is 0 Å². The van der Waals surface area contributed by atoms with E-state index in [0.29, 0.717) is 0 Å². The molecule has 1 heterocycles. The van der Waals surface area contributed by atoms with Gasteiger partial charge >= 0.3 is 0 Å². The van der Waals surface area contributed by atoms with Crippen molar-refractivity contribution >= 4 is 12.4 Å². The Morgan fingerprint density at radius 2 is 1.88 bits per heavy atom. The fraction of sp³-hybridized carbons (Fsp3) is 1.00. The van der Waals surface area contributed by atoms with Gasteiger partial charge in [-0.2, -0.15) is 0 Å². The molecule has 2 N–H and O–H groups in total. The summed E-state index contributed by atoms with van der Waals surface area (Å²) in [5.41, 5.74) is 5.87. The van der Waals surface area contributed by atoms with E-state index in [1.165, 1.54) is 0 Å². The minimum atomic E-state index is -0.0975. The number of nitrogens with zero attached hydrogens (tertiary/aromatic N) is 2. The van der Waals surface area contributed by atoms with Crippen molar-refractivity contribution in [3.8, 4) is 0 Å². The molecule has 0 spiro atoms. The average molecular weight is 252 g/mol. The maximum atomic E-state index is 5.97. The normalized spacial score (nSPS) is 18.6. The standard InChI is InChI=1S/C11H25N3O.ClH/c1-11(2,12)10-13(3)4-5-14-6-8-15-9-7-14;/h4-10,12H2,1-3H3;1H. The number of hydrogen-bond acceptors (Lipinski definition) is 4. The summed E-state index contributed by atoms with van der Waals surface area (Å²) in [4.78, 5) is 4.75. The Labute approximate surface area is 106 Å². The first kappa shape index (κ1) is 16.1. The summed E-state index contributed by atoms with van der Waals surface area (Å²) in [6.45, 7) is 11.2. The highest BCUT2D eigenvalue weighted by molar-refractivity contribution is 5.85. The molecule has 1 saturated heterocycles. The highest BCUT2D eigenvalue weighted by Gasteiger charge is 2.15. The van der Waals surface area contributed by atoms with Gasteiger partial charge in [-0.05, 0) is 20.9 Å². The minimum absolute atomic E-state index is 0. The van der Waals surface area contributed by atoms with Crippen LogP contribution in [-0.4, -0.2) is 68.3 Å². The Hall–Kier alpha value is 0.130. The van der Waals surface area contributed by atoms with E-state index in [1.54, 1.807) is 0 Å². The Bertz CT molecular complexity index is 179. The molecule has 1 rings (SSSR count). The van der Waals surface area contributed by atoms with Gasteiger partial charge in [0, 0.05) is 38.3 Å². The Morgan fingerprint density at radius 1 is 1.31 bits per heavy atom. The average Bonchev–Trinajstić information content (AvgIpc) is 2.14. The van der Waals surface area contributed by atoms with Crippen LogP contribution in [0.3, 0.4) is 0 Å². The van der Waals surface area contributed by atoms with Crippen LogP contribution in [0, 0.1) is 0 Å². The van der Waals surface area contributed by atoms with Gasteiger partial charge in [-0.1, -0.05) is 0 Å². The molecule has 0 bridgehead atoms. The van der Waals surface area contributed by atoms with Gasteiger partial charge in [0.25, 0.3) is 0 Å². The lowest BCUT2D eigenvalue weighted by Crippen LogP contribution is -2.47. The number of morpholine rings is 1. The van der Waals surface area contributed by atoms with Crippen LogP contribution in [-0.2, 0) is 4.74 Å². The Morgan fingerprint density at radius 3 is 2.38 bits per heavy atom. The maximum absolute atomic E-state index is 5.97. The molecule has 1 aliphatic heterocycles. The van der Waals surface area contributed by atoms with Gasteiger partial charge in [-0.3, -0.25) is 4.90 Å². The lowest BCUT2D eigenvalue weighted by atomic mass is 10.1. The molecule has 0 saturated carbocycles. The van der Waals surface area contributed by atoms with Gasteiger partial charge in [0.1, 0.15) is 0 Å². The molecule has 98 valence electrons. The largest absolute Gasteiger partial charge is 0.379 e. The highest BCUT2D eigenvalue weighted by atomic mass is 35.5. The third-order valence-corrected chi connectivity index (χ3v) is 2.58. The monoisotopic (exact) mass is 251 g/mol. The van der Waals surface area contributed by atoms with Crippen molar-refractivity contribution in [2.24, 2.45) is 5.73 Å². The van der Waals surface area contributed by atoms with Crippen LogP contribution >= 0.6 is 12.4 Å². The third kappa shape index (κ3) is 7.41. The summed E-state index contributed by atoms with van der Waals surface area (Å²) >= 11 is 0. The van der Waals surface area contributed by atoms with Gasteiger partial charge in [0.15, 0.2) is 0 Å². The second kappa shape index (κ2) is 7.45. The van der Waals surface area contributed by atoms with Crippen LogP contribution in [0.4, 0.5) is 0 Å². The predicted molar refractivity (Wildman–Crippen MR) is 70.3 cm³/mol. The molecule has 0 aliphatic carbocycles. The number of ether oxygens (including phenoxy) is 1. The third-order valence-electron chi connectivity index (χ3n) is 2.58. The molecule has 1 fully saturated rings. The molecule has 4 nitrogen and oxygen atoms in total. The lowest BCUT2D eigenvalue weighted by molar-refractivity contribution is 0.0338. The minimum Gasteiger partial charge on any atom is -0.379 e. The van der Waals surface area contributed by atoms with Crippen LogP contribution in [0.25, 0.3) is 0 Å². The van der Waals surface area contributed by atoms with Crippen LogP contribution in [0.1, 0.15) is 13.8 Å². The van der Waals surface area contributed by atoms with Crippen molar-refractivity contribution in [3.05, 3.63) is 0 Å². The molecular formula is C11H26ClN3O. The predicted octanol–water partition coefficient (Wildman–Crippen LogP) is 0.410. The van der Waals surface area contributed by atoms with E-state index in [9.17, 15) is 0 Å². The van der Waals surface area contributed by atoms with Gasteiger partial charge < -0.3 is 15.4 Å². The summed E-state index contributed by atoms with van der Waals surface area (Å²) in [6, 6.07) is 0. The molecule has 0 aromatic rings. The van der Waals surface area contributed by atoms with Crippen molar-refractivity contribution in [1.29, 1.82) is 0 Å². The number of nitrogens with two attached hydrogens (primary N) is 1. The number of hydrogen-bond donors (Lipinski definition) is 1. The Balaban J connectivity index is 0.00000225. The molecular weight excluding hydrogens is 226 g/mol. The van der Waals surface area contributed by atoms with Crippen LogP contribution in [0.15, 0.2) is 0 Å². The van der Waals surface area contributed by atoms with Crippen molar-refractivity contribution in [1.82, 2.24) is 9.80 Å². The fourth-order valence-corrected chi connectivity index (χ4v) is 1.91. The molecule has 1 aliphatic rings. The van der Waals surface area contributed by atoms with E-state index >= 15 is 0 Å². The quantitative estimate of drug-likeness (QED) is 0.769. The van der Waals surface area contributed by atoms with E-state index in [-0.39, 0.29) is 17.9 Å². The second-order valence-electron chi connectivity index (χ2n) is 5.18. The first-order chi connectivity index (χ1) is 6.97. The van der Waals surface area contributed by atoms with E-state index < -0.39 is 0 Å². The SMILES string of the molecule is CN(CCN1CCOCC1)CC(C)(C)N.Cl. The zero-order valence-electron chi connectivity index (χ0n) is 10.7. The number of likely N-dealkylation sites (N-methyl/N-ethyl adjacent to an activating group) is 1. The highest BCUT2D eigenvalue weighted by Crippen LogP contribution is 2.01. The fourth-order valence-electron chi connectivity index (χ4n) is 1.91. The summed E-state index contributed by atoms with van der Waals surface area (Å²) in [7, 11) is 2.13. The van der Waals surface area contributed by atoms with Gasteiger partial charge in [0.05, 0.1) is 13.2 Å². The lowest BCUT2D eigenvalue weighted by Gasteiger charge is -2.31. The molecule has 0 atom stereocenters. The van der Waals surface area contributed by atoms with Crippen LogP contribution in [0.5, 0.6) is 0 Å². The molecule has 0 radical (unpaired) electrons. The Kier molecular flexibility index (Phi) is 7.52. The van der Waals surface area contributed by atoms with Crippen molar-refractivity contribution in [2.75, 3.05) is 53.0 Å². The number of rotatable bonds is 5. The van der Waals surface area contributed by atoms with E-state index in [4.69, 9.17) is 10.5 Å².